The summed E-state index contributed by atoms with van der Waals surface area (Å²) < 4.78 is 14.4. The van der Waals surface area contributed by atoms with Crippen LogP contribution in [0.15, 0.2) is 24.3 Å². The molecule has 0 amide bonds. The summed E-state index contributed by atoms with van der Waals surface area (Å²) in [5.41, 5.74) is 0.619. The maximum Gasteiger partial charge on any atom is 0.344 e. The molecule has 0 saturated carbocycles. The van der Waals surface area contributed by atoms with Gasteiger partial charge in [0.25, 0.3) is 0 Å². The molecule has 2 aromatic rings. The van der Waals surface area contributed by atoms with E-state index in [4.69, 9.17) is 9.47 Å². The number of aromatic nitrogens is 3. The van der Waals surface area contributed by atoms with Crippen LogP contribution in [-0.2, 0) is 9.53 Å². The molecule has 0 unspecified atom stereocenters. The van der Waals surface area contributed by atoms with Crippen molar-refractivity contribution in [3.05, 3.63) is 24.3 Å². The van der Waals surface area contributed by atoms with E-state index in [2.05, 4.69) is 14.8 Å². The van der Waals surface area contributed by atoms with Crippen LogP contribution < -0.4 is 9.47 Å². The molecule has 8 nitrogen and oxygen atoms in total. The zero-order valence-corrected chi connectivity index (χ0v) is 10.9. The highest BCUT2D eigenvalue weighted by Gasteiger charge is 2.13. The maximum absolute atomic E-state index is 10.9. The quantitative estimate of drug-likeness (QED) is 0.637. The monoisotopic (exact) mass is 279 g/mol. The lowest BCUT2D eigenvalue weighted by Gasteiger charge is -2.01. The van der Waals surface area contributed by atoms with Gasteiger partial charge >= 0.3 is 12.0 Å². The third-order valence-electron chi connectivity index (χ3n) is 2.47. The van der Waals surface area contributed by atoms with Gasteiger partial charge in [-0.2, -0.15) is 4.98 Å². The number of benzene rings is 1. The largest absolute Gasteiger partial charge is 0.497 e. The molecule has 0 radical (unpaired) electrons. The average molecular weight is 279 g/mol. The zero-order valence-electron chi connectivity index (χ0n) is 10.9. The van der Waals surface area contributed by atoms with Gasteiger partial charge in [-0.25, -0.2) is 4.79 Å². The summed E-state index contributed by atoms with van der Waals surface area (Å²) in [5.74, 6) is 0.303. The standard InChI is InChI=1S/C12H13N3O5/c1-18-9-5-3-8(4-6-9)11-13-12(14-15(11)17)20-7-10(16)19-2/h3-6,17H,7H2,1-2H3. The molecule has 8 heteroatoms. The molecule has 0 fully saturated rings. The fraction of sp³-hybridized carbons (Fsp3) is 0.250. The highest BCUT2D eigenvalue weighted by molar-refractivity contribution is 5.70. The lowest BCUT2D eigenvalue weighted by Crippen LogP contribution is -2.13. The highest BCUT2D eigenvalue weighted by atomic mass is 16.6. The van der Waals surface area contributed by atoms with E-state index in [1.807, 2.05) is 0 Å². The summed E-state index contributed by atoms with van der Waals surface area (Å²) in [6.07, 6.45) is 0. The van der Waals surface area contributed by atoms with Crippen LogP contribution in [-0.4, -0.2) is 46.9 Å². The van der Waals surface area contributed by atoms with Gasteiger partial charge in [-0.1, -0.05) is 9.94 Å². The number of rotatable bonds is 5. The number of carbonyl (C=O) groups excluding carboxylic acids is 1. The Morgan fingerprint density at radius 3 is 2.60 bits per heavy atom. The predicted octanol–water partition coefficient (Wildman–Crippen LogP) is 0.743. The van der Waals surface area contributed by atoms with Gasteiger partial charge in [0.15, 0.2) is 6.61 Å². The van der Waals surface area contributed by atoms with Crippen molar-refractivity contribution < 1.29 is 24.2 Å². The van der Waals surface area contributed by atoms with E-state index < -0.39 is 5.97 Å². The molecule has 1 heterocycles. The van der Waals surface area contributed by atoms with E-state index >= 15 is 0 Å². The molecule has 20 heavy (non-hydrogen) atoms. The number of methoxy groups -OCH3 is 2. The zero-order chi connectivity index (χ0) is 14.5. The fourth-order valence-corrected chi connectivity index (χ4v) is 1.45. The highest BCUT2D eigenvalue weighted by Crippen LogP contribution is 2.21. The van der Waals surface area contributed by atoms with E-state index in [1.54, 1.807) is 31.4 Å². The van der Waals surface area contributed by atoms with Crippen molar-refractivity contribution in [1.29, 1.82) is 0 Å². The molecular weight excluding hydrogens is 266 g/mol. The van der Waals surface area contributed by atoms with Gasteiger partial charge in [-0.05, 0) is 24.3 Å². The van der Waals surface area contributed by atoms with Crippen molar-refractivity contribution in [2.45, 2.75) is 0 Å². The Morgan fingerprint density at radius 1 is 1.30 bits per heavy atom. The maximum atomic E-state index is 10.9. The van der Waals surface area contributed by atoms with Crippen LogP contribution in [0.3, 0.4) is 0 Å². The number of hydrogen-bond acceptors (Lipinski definition) is 7. The molecule has 0 saturated heterocycles. The van der Waals surface area contributed by atoms with Crippen LogP contribution >= 0.6 is 0 Å². The van der Waals surface area contributed by atoms with E-state index in [0.29, 0.717) is 16.2 Å². The Bertz CT molecular complexity index is 594. The SMILES string of the molecule is COC(=O)COc1nc(-c2ccc(OC)cc2)n(O)n1. The van der Waals surface area contributed by atoms with Crippen molar-refractivity contribution >= 4 is 5.97 Å². The molecule has 2 rings (SSSR count). The predicted molar refractivity (Wildman–Crippen MR) is 66.7 cm³/mol. The summed E-state index contributed by atoms with van der Waals surface area (Å²) in [5, 5.41) is 13.3. The van der Waals surface area contributed by atoms with Crippen LogP contribution in [0.4, 0.5) is 0 Å². The summed E-state index contributed by atoms with van der Waals surface area (Å²) in [4.78, 5) is 15.5. The van der Waals surface area contributed by atoms with Crippen molar-refractivity contribution in [3.63, 3.8) is 0 Å². The van der Waals surface area contributed by atoms with E-state index in [-0.39, 0.29) is 18.4 Å². The molecule has 0 aliphatic carbocycles. The van der Waals surface area contributed by atoms with E-state index in [9.17, 15) is 10.0 Å². The topological polar surface area (TPSA) is 95.7 Å². The molecule has 0 spiro atoms. The van der Waals surface area contributed by atoms with Crippen LogP contribution in [0, 0.1) is 0 Å². The third kappa shape index (κ3) is 2.97. The Hall–Kier alpha value is -2.77. The molecule has 106 valence electrons. The van der Waals surface area contributed by atoms with E-state index in [0.717, 1.165) is 0 Å². The number of hydrogen-bond donors (Lipinski definition) is 1. The van der Waals surface area contributed by atoms with E-state index in [1.165, 1.54) is 7.11 Å². The van der Waals surface area contributed by atoms with Gasteiger partial charge in [0.2, 0.25) is 5.82 Å². The van der Waals surface area contributed by atoms with Crippen LogP contribution in [0.1, 0.15) is 0 Å². The smallest absolute Gasteiger partial charge is 0.344 e. The second kappa shape index (κ2) is 5.91. The molecule has 1 aromatic heterocycles. The Labute approximate surface area is 114 Å². The Kier molecular flexibility index (Phi) is 4.04. The molecule has 0 atom stereocenters. The first-order valence-electron chi connectivity index (χ1n) is 5.64. The number of nitrogens with zero attached hydrogens (tertiary/aromatic N) is 3. The summed E-state index contributed by atoms with van der Waals surface area (Å²) in [7, 11) is 2.80. The van der Waals surface area contributed by atoms with Crippen LogP contribution in [0.25, 0.3) is 11.4 Å². The number of esters is 1. The molecule has 0 aliphatic heterocycles. The summed E-state index contributed by atoms with van der Waals surface area (Å²) >= 11 is 0. The fourth-order valence-electron chi connectivity index (χ4n) is 1.45. The average Bonchev–Trinajstić information content (AvgIpc) is 2.86. The first kappa shape index (κ1) is 13.7. The minimum atomic E-state index is -0.565. The van der Waals surface area contributed by atoms with Crippen LogP contribution in [0.2, 0.25) is 0 Å². The van der Waals surface area contributed by atoms with Gasteiger partial charge in [-0.15, -0.1) is 0 Å². The number of carbonyl (C=O) groups is 1. The van der Waals surface area contributed by atoms with Crippen molar-refractivity contribution in [2.24, 2.45) is 0 Å². The summed E-state index contributed by atoms with van der Waals surface area (Å²) in [6, 6.07) is 6.74. The molecule has 0 bridgehead atoms. The van der Waals surface area contributed by atoms with Gasteiger partial charge in [0.1, 0.15) is 5.75 Å². The normalized spacial score (nSPS) is 10.1. The molecule has 1 N–H and O–H groups in total. The third-order valence-corrected chi connectivity index (χ3v) is 2.47. The van der Waals surface area contributed by atoms with Crippen molar-refractivity contribution in [1.82, 2.24) is 14.9 Å². The van der Waals surface area contributed by atoms with Crippen molar-refractivity contribution in [2.75, 3.05) is 20.8 Å². The Balaban J connectivity index is 2.15. The summed E-state index contributed by atoms with van der Waals surface area (Å²) in [6.45, 7) is -0.331. The minimum absolute atomic E-state index is 0.122. The molecule has 1 aromatic carbocycles. The first-order chi connectivity index (χ1) is 9.63. The van der Waals surface area contributed by atoms with Crippen molar-refractivity contribution in [3.8, 4) is 23.1 Å². The van der Waals surface area contributed by atoms with Gasteiger partial charge in [-0.3, -0.25) is 0 Å². The Morgan fingerprint density at radius 2 is 2.00 bits per heavy atom. The minimum Gasteiger partial charge on any atom is -0.497 e. The van der Waals surface area contributed by atoms with Gasteiger partial charge < -0.3 is 19.4 Å². The lowest BCUT2D eigenvalue weighted by atomic mass is 10.2. The second-order valence-corrected chi connectivity index (χ2v) is 3.70. The first-order valence-corrected chi connectivity index (χ1v) is 5.64. The molecule has 0 aliphatic rings. The van der Waals surface area contributed by atoms with Crippen LogP contribution in [0.5, 0.6) is 11.8 Å². The van der Waals surface area contributed by atoms with Gasteiger partial charge in [0, 0.05) is 5.56 Å². The number of ether oxygens (including phenoxy) is 3. The lowest BCUT2D eigenvalue weighted by molar-refractivity contribution is -0.143. The second-order valence-electron chi connectivity index (χ2n) is 3.70. The van der Waals surface area contributed by atoms with Gasteiger partial charge in [0.05, 0.1) is 14.2 Å². The molecular formula is C12H13N3O5.